The van der Waals surface area contributed by atoms with Gasteiger partial charge in [0.05, 0.1) is 6.20 Å². The Labute approximate surface area is 53.6 Å². The largest absolute Gasteiger partial charge is 0.267 e. The second-order valence-corrected chi connectivity index (χ2v) is 1.90. The number of aliphatic imine (C=N–C) groups is 1. The Morgan fingerprint density at radius 2 is 2.62 bits per heavy atom. The second-order valence-electron chi connectivity index (χ2n) is 1.54. The van der Waals surface area contributed by atoms with Crippen LogP contribution >= 0.6 is 11.8 Å². The van der Waals surface area contributed by atoms with Gasteiger partial charge in [0, 0.05) is 18.0 Å². The third-order valence-corrected chi connectivity index (χ3v) is 1.28. The van der Waals surface area contributed by atoms with Gasteiger partial charge in [0.2, 0.25) is 0 Å². The normalized spacial score (nSPS) is 26.8. The van der Waals surface area contributed by atoms with Crippen molar-refractivity contribution in [3.63, 3.8) is 0 Å². The molecule has 0 saturated carbocycles. The van der Waals surface area contributed by atoms with Gasteiger partial charge in [0.25, 0.3) is 0 Å². The predicted octanol–water partition coefficient (Wildman–Crippen LogP) is 1.19. The average molecular weight is 130 g/mol. The van der Waals surface area contributed by atoms with Crippen molar-refractivity contribution in [2.45, 2.75) is 13.1 Å². The Hall–Kier alpha value is -0.500. The van der Waals surface area contributed by atoms with Crippen LogP contribution in [0.2, 0.25) is 0 Å². The van der Waals surface area contributed by atoms with Crippen LogP contribution < -0.4 is 0 Å². The number of nitrogens with zero attached hydrogens (tertiary/aromatic N) is 2. The van der Waals surface area contributed by atoms with E-state index >= 15 is 0 Å². The first-order valence-corrected chi connectivity index (χ1v) is 2.70. The average Bonchev–Trinajstić information content (AvgIpc) is 1.77. The van der Waals surface area contributed by atoms with Crippen molar-refractivity contribution < 1.29 is 0 Å². The molecule has 0 aromatic carbocycles. The molecule has 1 aliphatic heterocycles. The Morgan fingerprint density at radius 1 is 1.88 bits per heavy atom. The van der Waals surface area contributed by atoms with Crippen LogP contribution in [0.15, 0.2) is 11.1 Å². The third-order valence-electron chi connectivity index (χ3n) is 0.902. The van der Waals surface area contributed by atoms with Crippen LogP contribution in [0.5, 0.6) is 0 Å². The molecule has 0 aromatic heterocycles. The Morgan fingerprint density at radius 3 is 3.00 bits per heavy atom. The molecule has 43 valence electrons. The summed E-state index contributed by atoms with van der Waals surface area (Å²) in [6.07, 6.45) is 6.14. The molecule has 8 heavy (non-hydrogen) atoms. The van der Waals surface area contributed by atoms with Crippen molar-refractivity contribution >= 4 is 18.0 Å². The van der Waals surface area contributed by atoms with Gasteiger partial charge < -0.3 is 0 Å². The summed E-state index contributed by atoms with van der Waals surface area (Å²) in [6, 6.07) is 0. The smallest absolute Gasteiger partial charge is 0.133 e. The highest BCUT2D eigenvalue weighted by atomic mass is 35.5. The highest BCUT2D eigenvalue weighted by Crippen LogP contribution is 2.06. The molecule has 1 rings (SSSR count). The maximum Gasteiger partial charge on any atom is 0.133 e. The van der Waals surface area contributed by atoms with E-state index in [1.807, 2.05) is 6.92 Å². The molecular weight excluding hydrogens is 124 g/mol. The first kappa shape index (κ1) is 5.63. The molecule has 1 unspecified atom stereocenters. The van der Waals surface area contributed by atoms with Gasteiger partial charge in [-0.2, -0.15) is 0 Å². The molecule has 3 heteroatoms. The van der Waals surface area contributed by atoms with Gasteiger partial charge >= 0.3 is 0 Å². The molecule has 0 spiro atoms. The standard InChI is InChI=1S/C5H6ClN2/c1-5-7-3-2-4-8(5)6/h2-3,5H,1H3. The monoisotopic (exact) mass is 129 g/mol. The number of hydrogen-bond acceptors (Lipinski definition) is 2. The number of allylic oxidation sites excluding steroid dienone is 1. The van der Waals surface area contributed by atoms with Crippen molar-refractivity contribution in [3.05, 3.63) is 12.3 Å². The van der Waals surface area contributed by atoms with Crippen LogP contribution in [0.3, 0.4) is 0 Å². The van der Waals surface area contributed by atoms with Gasteiger partial charge in [-0.1, -0.05) is 0 Å². The fraction of sp³-hybridized carbons (Fsp3) is 0.400. The van der Waals surface area contributed by atoms with Crippen molar-refractivity contribution in [1.29, 1.82) is 0 Å². The lowest BCUT2D eigenvalue weighted by Crippen LogP contribution is -2.18. The van der Waals surface area contributed by atoms with Gasteiger partial charge in [-0.05, 0) is 13.0 Å². The van der Waals surface area contributed by atoms with Gasteiger partial charge in [-0.15, -0.1) is 0 Å². The first-order chi connectivity index (χ1) is 3.80. The van der Waals surface area contributed by atoms with E-state index in [4.69, 9.17) is 11.8 Å². The van der Waals surface area contributed by atoms with Gasteiger partial charge in [-0.3, -0.25) is 9.41 Å². The third kappa shape index (κ3) is 1.01. The maximum absolute atomic E-state index is 5.54. The van der Waals surface area contributed by atoms with Gasteiger partial charge in [0.1, 0.15) is 6.17 Å². The summed E-state index contributed by atoms with van der Waals surface area (Å²) in [6.45, 7) is 1.89. The van der Waals surface area contributed by atoms with Crippen LogP contribution in [0.4, 0.5) is 0 Å². The van der Waals surface area contributed by atoms with Crippen LogP contribution in [0.1, 0.15) is 6.92 Å². The highest BCUT2D eigenvalue weighted by molar-refractivity contribution is 6.14. The van der Waals surface area contributed by atoms with E-state index in [-0.39, 0.29) is 6.17 Å². The van der Waals surface area contributed by atoms with E-state index in [1.165, 1.54) is 4.42 Å². The Kier molecular flexibility index (Phi) is 1.53. The Balaban J connectivity index is 2.59. The molecule has 0 N–H and O–H groups in total. The minimum absolute atomic E-state index is 0.0293. The fourth-order valence-electron chi connectivity index (χ4n) is 0.439. The lowest BCUT2D eigenvalue weighted by Gasteiger charge is -2.15. The molecule has 0 fully saturated rings. The minimum atomic E-state index is 0.0293. The summed E-state index contributed by atoms with van der Waals surface area (Å²) < 4.78 is 1.40. The molecule has 0 aromatic rings. The fourth-order valence-corrected chi connectivity index (χ4v) is 0.545. The molecule has 0 amide bonds. The van der Waals surface area contributed by atoms with Gasteiger partial charge in [0.15, 0.2) is 0 Å². The molecule has 0 saturated heterocycles. The summed E-state index contributed by atoms with van der Waals surface area (Å²) >= 11 is 5.54. The van der Waals surface area contributed by atoms with Crippen LogP contribution in [0.25, 0.3) is 0 Å². The zero-order chi connectivity index (χ0) is 5.98. The van der Waals surface area contributed by atoms with E-state index in [1.54, 1.807) is 12.3 Å². The van der Waals surface area contributed by atoms with E-state index in [0.29, 0.717) is 0 Å². The van der Waals surface area contributed by atoms with Crippen LogP contribution in [-0.4, -0.2) is 16.8 Å². The molecule has 0 aliphatic carbocycles. The zero-order valence-electron chi connectivity index (χ0n) is 4.50. The molecule has 1 atom stereocenters. The van der Waals surface area contributed by atoms with Crippen molar-refractivity contribution in [3.8, 4) is 0 Å². The second kappa shape index (κ2) is 2.18. The number of halogens is 1. The molecule has 2 nitrogen and oxygen atoms in total. The minimum Gasteiger partial charge on any atom is -0.267 e. The van der Waals surface area contributed by atoms with Gasteiger partial charge in [-0.25, -0.2) is 0 Å². The topological polar surface area (TPSA) is 15.6 Å². The van der Waals surface area contributed by atoms with E-state index in [2.05, 4.69) is 11.2 Å². The highest BCUT2D eigenvalue weighted by Gasteiger charge is 2.05. The van der Waals surface area contributed by atoms with E-state index in [0.717, 1.165) is 0 Å². The quantitative estimate of drug-likeness (QED) is 0.449. The predicted molar refractivity (Wildman–Crippen MR) is 33.5 cm³/mol. The molecule has 1 aliphatic rings. The summed E-state index contributed by atoms with van der Waals surface area (Å²) in [5, 5.41) is 0. The summed E-state index contributed by atoms with van der Waals surface area (Å²) in [5.74, 6) is 0. The van der Waals surface area contributed by atoms with Crippen LogP contribution in [-0.2, 0) is 0 Å². The van der Waals surface area contributed by atoms with Crippen molar-refractivity contribution in [1.82, 2.24) is 4.42 Å². The van der Waals surface area contributed by atoms with Crippen LogP contribution in [0, 0.1) is 6.20 Å². The first-order valence-electron chi connectivity index (χ1n) is 2.37. The lowest BCUT2D eigenvalue weighted by molar-refractivity contribution is 0.457. The molecular formula is C5H6ClN2. The van der Waals surface area contributed by atoms with Crippen molar-refractivity contribution in [2.24, 2.45) is 4.99 Å². The zero-order valence-corrected chi connectivity index (χ0v) is 5.26. The molecule has 1 heterocycles. The SMILES string of the molecule is CC1N=CC=[C]N1Cl. The van der Waals surface area contributed by atoms with Crippen molar-refractivity contribution in [2.75, 3.05) is 0 Å². The molecule has 0 bridgehead atoms. The lowest BCUT2D eigenvalue weighted by atomic mass is 10.5. The summed E-state index contributed by atoms with van der Waals surface area (Å²) in [4.78, 5) is 3.96. The maximum atomic E-state index is 5.54. The molecule has 1 radical (unpaired) electrons. The summed E-state index contributed by atoms with van der Waals surface area (Å²) in [5.41, 5.74) is 0. The summed E-state index contributed by atoms with van der Waals surface area (Å²) in [7, 11) is 0. The van der Waals surface area contributed by atoms with E-state index < -0.39 is 0 Å². The van der Waals surface area contributed by atoms with E-state index in [9.17, 15) is 0 Å². The Bertz CT molecular complexity index is 114. The number of rotatable bonds is 0. The number of hydrogen-bond donors (Lipinski definition) is 0.